The predicted octanol–water partition coefficient (Wildman–Crippen LogP) is 3.50. The van der Waals surface area contributed by atoms with Gasteiger partial charge in [-0.25, -0.2) is 9.78 Å². The molecule has 6 heteroatoms. The van der Waals surface area contributed by atoms with Crippen LogP contribution in [-0.4, -0.2) is 23.1 Å². The van der Waals surface area contributed by atoms with Crippen molar-refractivity contribution in [2.75, 3.05) is 11.9 Å². The summed E-state index contributed by atoms with van der Waals surface area (Å²) in [6.07, 6.45) is 0. The third-order valence-corrected chi connectivity index (χ3v) is 4.51. The molecular formula is C17H13N3O2S. The molecule has 1 N–H and O–H groups in total. The Balaban J connectivity index is 1.82. The number of carboxylic acid groups (broad SMARTS) is 1. The molecule has 0 fully saturated rings. The van der Waals surface area contributed by atoms with Crippen molar-refractivity contribution in [1.29, 1.82) is 5.26 Å². The summed E-state index contributed by atoms with van der Waals surface area (Å²) in [5, 5.41) is 18.8. The Bertz CT molecular complexity index is 910. The highest BCUT2D eigenvalue weighted by Gasteiger charge is 2.10. The molecule has 0 aliphatic carbocycles. The number of thiazole rings is 1. The first kappa shape index (κ1) is 15.0. The Morgan fingerprint density at radius 3 is 2.70 bits per heavy atom. The van der Waals surface area contributed by atoms with Gasteiger partial charge in [-0.15, -0.1) is 11.3 Å². The molecule has 0 bridgehead atoms. The van der Waals surface area contributed by atoms with Gasteiger partial charge in [0.1, 0.15) is 5.01 Å². The second kappa shape index (κ2) is 6.07. The highest BCUT2D eigenvalue weighted by Crippen LogP contribution is 2.25. The van der Waals surface area contributed by atoms with Crippen molar-refractivity contribution >= 4 is 33.2 Å². The molecule has 0 spiro atoms. The molecule has 0 unspecified atom stereocenters. The Morgan fingerprint density at radius 1 is 1.30 bits per heavy atom. The number of hydrogen-bond donors (Lipinski definition) is 1. The molecule has 5 nitrogen and oxygen atoms in total. The summed E-state index contributed by atoms with van der Waals surface area (Å²) >= 11 is 1.55. The molecule has 0 radical (unpaired) electrons. The van der Waals surface area contributed by atoms with E-state index in [4.69, 9.17) is 10.4 Å². The zero-order chi connectivity index (χ0) is 16.4. The topological polar surface area (TPSA) is 77.2 Å². The Hall–Kier alpha value is -2.91. The largest absolute Gasteiger partial charge is 0.478 e. The number of nitrogens with zero attached hydrogens (tertiary/aromatic N) is 3. The van der Waals surface area contributed by atoms with Gasteiger partial charge in [-0.05, 0) is 42.5 Å². The van der Waals surface area contributed by atoms with Gasteiger partial charge in [-0.3, -0.25) is 0 Å². The van der Waals surface area contributed by atoms with Gasteiger partial charge in [-0.2, -0.15) is 5.26 Å². The van der Waals surface area contributed by atoms with Crippen LogP contribution in [0.5, 0.6) is 0 Å². The van der Waals surface area contributed by atoms with Crippen LogP contribution in [0.2, 0.25) is 0 Å². The van der Waals surface area contributed by atoms with Gasteiger partial charge in [0.05, 0.1) is 34.0 Å². The van der Waals surface area contributed by atoms with E-state index in [-0.39, 0.29) is 5.56 Å². The number of carboxylic acids is 1. The van der Waals surface area contributed by atoms with Crippen molar-refractivity contribution in [3.8, 4) is 6.07 Å². The van der Waals surface area contributed by atoms with Crippen molar-refractivity contribution in [2.24, 2.45) is 0 Å². The molecule has 0 amide bonds. The van der Waals surface area contributed by atoms with E-state index in [0.29, 0.717) is 17.6 Å². The summed E-state index contributed by atoms with van der Waals surface area (Å²) in [5.74, 6) is -0.948. The molecule has 2 aromatic carbocycles. The Kier molecular flexibility index (Phi) is 3.96. The zero-order valence-corrected chi connectivity index (χ0v) is 13.2. The SMILES string of the molecule is CN(Cc1nc2cc(C(=O)O)ccc2s1)c1ccc(C#N)cc1. The number of rotatable bonds is 4. The van der Waals surface area contributed by atoms with Crippen molar-refractivity contribution in [3.05, 3.63) is 58.6 Å². The van der Waals surface area contributed by atoms with Gasteiger partial charge < -0.3 is 10.0 Å². The smallest absolute Gasteiger partial charge is 0.335 e. The van der Waals surface area contributed by atoms with E-state index in [1.165, 1.54) is 0 Å². The average Bonchev–Trinajstić information content (AvgIpc) is 2.96. The van der Waals surface area contributed by atoms with E-state index in [0.717, 1.165) is 15.4 Å². The number of carbonyl (C=O) groups is 1. The van der Waals surface area contributed by atoms with E-state index in [9.17, 15) is 4.79 Å². The van der Waals surface area contributed by atoms with Gasteiger partial charge >= 0.3 is 5.97 Å². The number of aromatic carboxylic acids is 1. The lowest BCUT2D eigenvalue weighted by molar-refractivity contribution is 0.0697. The minimum atomic E-state index is -0.948. The Morgan fingerprint density at radius 2 is 2.04 bits per heavy atom. The summed E-state index contributed by atoms with van der Waals surface area (Å²) in [5.41, 5.74) is 2.57. The highest BCUT2D eigenvalue weighted by molar-refractivity contribution is 7.18. The van der Waals surface area contributed by atoms with Gasteiger partial charge in [0.25, 0.3) is 0 Å². The number of anilines is 1. The van der Waals surface area contributed by atoms with Gasteiger partial charge in [0.2, 0.25) is 0 Å². The summed E-state index contributed by atoms with van der Waals surface area (Å²) in [6, 6.07) is 14.4. The lowest BCUT2D eigenvalue weighted by atomic mass is 10.2. The summed E-state index contributed by atoms with van der Waals surface area (Å²) < 4.78 is 0.971. The number of fused-ring (bicyclic) bond motifs is 1. The fraction of sp³-hybridized carbons (Fsp3) is 0.118. The van der Waals surface area contributed by atoms with Crippen molar-refractivity contribution in [2.45, 2.75) is 6.54 Å². The molecule has 0 aliphatic rings. The van der Waals surface area contributed by atoms with E-state index >= 15 is 0 Å². The lowest BCUT2D eigenvalue weighted by Crippen LogP contribution is -2.15. The minimum absolute atomic E-state index is 0.245. The van der Waals surface area contributed by atoms with Gasteiger partial charge in [0.15, 0.2) is 0 Å². The van der Waals surface area contributed by atoms with E-state index in [2.05, 4.69) is 11.1 Å². The third-order valence-electron chi connectivity index (χ3n) is 3.49. The molecule has 1 heterocycles. The first-order valence-corrected chi connectivity index (χ1v) is 7.72. The normalized spacial score (nSPS) is 10.4. The number of nitriles is 1. The molecular weight excluding hydrogens is 310 g/mol. The maximum absolute atomic E-state index is 11.0. The molecule has 0 saturated carbocycles. The summed E-state index contributed by atoms with van der Waals surface area (Å²) in [6.45, 7) is 0.619. The fourth-order valence-corrected chi connectivity index (χ4v) is 3.26. The Labute approximate surface area is 137 Å². The predicted molar refractivity (Wildman–Crippen MR) is 89.8 cm³/mol. The zero-order valence-electron chi connectivity index (χ0n) is 12.4. The molecule has 114 valence electrons. The van der Waals surface area contributed by atoms with E-state index in [1.54, 1.807) is 41.7 Å². The number of benzene rings is 2. The van der Waals surface area contributed by atoms with Crippen LogP contribution in [0.4, 0.5) is 5.69 Å². The van der Waals surface area contributed by atoms with Crippen LogP contribution in [0.15, 0.2) is 42.5 Å². The monoisotopic (exact) mass is 323 g/mol. The van der Waals surface area contributed by atoms with Gasteiger partial charge in [-0.1, -0.05) is 0 Å². The van der Waals surface area contributed by atoms with Crippen molar-refractivity contribution < 1.29 is 9.90 Å². The summed E-state index contributed by atoms with van der Waals surface area (Å²) in [4.78, 5) is 17.6. The fourth-order valence-electron chi connectivity index (χ4n) is 2.26. The molecule has 0 atom stereocenters. The van der Waals surface area contributed by atoms with E-state index < -0.39 is 5.97 Å². The minimum Gasteiger partial charge on any atom is -0.478 e. The van der Waals surface area contributed by atoms with Crippen LogP contribution in [-0.2, 0) is 6.54 Å². The second-order valence-electron chi connectivity index (χ2n) is 5.11. The number of aromatic nitrogens is 1. The van der Waals surface area contributed by atoms with E-state index in [1.807, 2.05) is 24.1 Å². The lowest BCUT2D eigenvalue weighted by Gasteiger charge is -2.17. The molecule has 0 saturated heterocycles. The highest BCUT2D eigenvalue weighted by atomic mass is 32.1. The maximum atomic E-state index is 11.0. The van der Waals surface area contributed by atoms with Crippen LogP contribution in [0.3, 0.4) is 0 Å². The van der Waals surface area contributed by atoms with Crippen LogP contribution in [0.1, 0.15) is 20.9 Å². The molecule has 3 aromatic rings. The van der Waals surface area contributed by atoms with Gasteiger partial charge in [0, 0.05) is 12.7 Å². The first-order valence-electron chi connectivity index (χ1n) is 6.91. The quantitative estimate of drug-likeness (QED) is 0.795. The second-order valence-corrected chi connectivity index (χ2v) is 6.23. The number of hydrogen-bond acceptors (Lipinski definition) is 5. The van der Waals surface area contributed by atoms with Crippen molar-refractivity contribution in [1.82, 2.24) is 4.98 Å². The van der Waals surface area contributed by atoms with Crippen molar-refractivity contribution in [3.63, 3.8) is 0 Å². The van der Waals surface area contributed by atoms with Crippen LogP contribution >= 0.6 is 11.3 Å². The molecule has 3 rings (SSSR count). The molecule has 23 heavy (non-hydrogen) atoms. The summed E-state index contributed by atoms with van der Waals surface area (Å²) in [7, 11) is 1.95. The van der Waals surface area contributed by atoms with Crippen LogP contribution in [0.25, 0.3) is 10.2 Å². The maximum Gasteiger partial charge on any atom is 0.335 e. The standard InChI is InChI=1S/C17H13N3O2S/c1-20(13-5-2-11(9-18)3-6-13)10-16-19-14-8-12(17(21)22)4-7-15(14)23-16/h2-8H,10H2,1H3,(H,21,22). The first-order chi connectivity index (χ1) is 11.1. The van der Waals surface area contributed by atoms with Crippen LogP contribution < -0.4 is 4.90 Å². The average molecular weight is 323 g/mol. The third kappa shape index (κ3) is 3.15. The van der Waals surface area contributed by atoms with Crippen LogP contribution in [0, 0.1) is 11.3 Å². The molecule has 0 aliphatic heterocycles. The molecule has 1 aromatic heterocycles.